The molecule has 0 saturated carbocycles. The highest BCUT2D eigenvalue weighted by Crippen LogP contribution is 2.26. The second-order valence-electron chi connectivity index (χ2n) is 4.71. The van der Waals surface area contributed by atoms with Crippen LogP contribution in [0.15, 0.2) is 54.7 Å². The summed E-state index contributed by atoms with van der Waals surface area (Å²) in [6.45, 7) is 1.97. The van der Waals surface area contributed by atoms with E-state index in [9.17, 15) is 0 Å². The third-order valence-corrected chi connectivity index (χ3v) is 3.49. The Bertz CT molecular complexity index is 755. The van der Waals surface area contributed by atoms with Crippen LogP contribution in [0.25, 0.3) is 10.8 Å². The fourth-order valence-electron chi connectivity index (χ4n) is 2.14. The number of benzene rings is 2. The van der Waals surface area contributed by atoms with E-state index in [1.54, 1.807) is 6.20 Å². The van der Waals surface area contributed by atoms with E-state index in [1.807, 2.05) is 43.3 Å². The van der Waals surface area contributed by atoms with E-state index in [0.29, 0.717) is 11.8 Å². The summed E-state index contributed by atoms with van der Waals surface area (Å²) in [5.74, 6) is 1.87. The van der Waals surface area contributed by atoms with E-state index in [4.69, 9.17) is 16.3 Å². The van der Waals surface area contributed by atoms with Crippen molar-refractivity contribution in [2.45, 2.75) is 12.8 Å². The zero-order valence-corrected chi connectivity index (χ0v) is 11.9. The maximum absolute atomic E-state index is 5.86. The number of pyridine rings is 1. The molecule has 0 bridgehead atoms. The second kappa shape index (κ2) is 5.51. The van der Waals surface area contributed by atoms with Crippen LogP contribution in [0, 0.1) is 6.92 Å². The number of aryl methyl sites for hydroxylation is 1. The Morgan fingerprint density at radius 3 is 2.60 bits per heavy atom. The van der Waals surface area contributed by atoms with E-state index in [1.165, 1.54) is 5.39 Å². The average Bonchev–Trinajstić information content (AvgIpc) is 2.49. The van der Waals surface area contributed by atoms with Crippen LogP contribution in [0.5, 0.6) is 11.6 Å². The molecule has 0 aliphatic heterocycles. The minimum atomic E-state index is 0.462. The summed E-state index contributed by atoms with van der Waals surface area (Å²) >= 11 is 5.80. The molecule has 0 N–H and O–H groups in total. The Hall–Kier alpha value is -2.06. The van der Waals surface area contributed by atoms with Gasteiger partial charge in [-0.25, -0.2) is 4.98 Å². The maximum atomic E-state index is 5.86. The smallest absolute Gasteiger partial charge is 0.222 e. The number of rotatable bonds is 3. The molecule has 0 spiro atoms. The minimum absolute atomic E-state index is 0.462. The Balaban J connectivity index is 1.92. The van der Waals surface area contributed by atoms with Crippen LogP contribution in [-0.4, -0.2) is 4.98 Å². The Labute approximate surface area is 123 Å². The van der Waals surface area contributed by atoms with Gasteiger partial charge in [-0.05, 0) is 41.5 Å². The highest BCUT2D eigenvalue weighted by Gasteiger charge is 2.05. The molecule has 0 amide bonds. The van der Waals surface area contributed by atoms with Crippen molar-refractivity contribution in [3.05, 3.63) is 65.9 Å². The van der Waals surface area contributed by atoms with Crippen molar-refractivity contribution in [2.75, 3.05) is 0 Å². The number of alkyl halides is 1. The standard InChI is InChI=1S/C17H14ClNO/c1-12-8-13(10-18)11-19-17(12)20-16-7-6-14-4-2-3-5-15(14)9-16/h2-9,11H,10H2,1H3. The summed E-state index contributed by atoms with van der Waals surface area (Å²) in [7, 11) is 0. The molecule has 0 atom stereocenters. The highest BCUT2D eigenvalue weighted by atomic mass is 35.5. The highest BCUT2D eigenvalue weighted by molar-refractivity contribution is 6.17. The van der Waals surface area contributed by atoms with Gasteiger partial charge in [0.15, 0.2) is 0 Å². The normalized spacial score (nSPS) is 10.7. The summed E-state index contributed by atoms with van der Waals surface area (Å²) in [5.41, 5.74) is 1.98. The summed E-state index contributed by atoms with van der Waals surface area (Å²) in [4.78, 5) is 4.32. The van der Waals surface area contributed by atoms with Gasteiger partial charge in [-0.1, -0.05) is 30.3 Å². The summed E-state index contributed by atoms with van der Waals surface area (Å²) in [6.07, 6.45) is 1.75. The lowest BCUT2D eigenvalue weighted by Gasteiger charge is -2.09. The van der Waals surface area contributed by atoms with Crippen molar-refractivity contribution in [1.82, 2.24) is 4.98 Å². The lowest BCUT2D eigenvalue weighted by molar-refractivity contribution is 0.459. The van der Waals surface area contributed by atoms with E-state index in [-0.39, 0.29) is 0 Å². The fraction of sp³-hybridized carbons (Fsp3) is 0.118. The van der Waals surface area contributed by atoms with Crippen molar-refractivity contribution in [3.63, 3.8) is 0 Å². The lowest BCUT2D eigenvalue weighted by atomic mass is 10.1. The van der Waals surface area contributed by atoms with Gasteiger partial charge in [-0.15, -0.1) is 11.6 Å². The Kier molecular flexibility index (Phi) is 3.57. The molecule has 0 saturated heterocycles. The first kappa shape index (κ1) is 12.9. The molecule has 1 aromatic heterocycles. The maximum Gasteiger partial charge on any atom is 0.222 e. The van der Waals surface area contributed by atoms with Gasteiger partial charge >= 0.3 is 0 Å². The molecule has 0 aliphatic rings. The quantitative estimate of drug-likeness (QED) is 0.626. The van der Waals surface area contributed by atoms with Gasteiger partial charge in [0.05, 0.1) is 0 Å². The SMILES string of the molecule is Cc1cc(CCl)cnc1Oc1ccc2ccccc2c1. The Morgan fingerprint density at radius 1 is 1.05 bits per heavy atom. The van der Waals surface area contributed by atoms with Crippen molar-refractivity contribution in [3.8, 4) is 11.6 Å². The topological polar surface area (TPSA) is 22.1 Å². The molecule has 3 heteroatoms. The van der Waals surface area contributed by atoms with Crippen molar-refractivity contribution < 1.29 is 4.74 Å². The fourth-order valence-corrected chi connectivity index (χ4v) is 2.29. The van der Waals surface area contributed by atoms with Crippen LogP contribution in [0.4, 0.5) is 0 Å². The van der Waals surface area contributed by atoms with E-state index in [2.05, 4.69) is 17.1 Å². The third kappa shape index (κ3) is 2.61. The first-order valence-corrected chi connectivity index (χ1v) is 6.98. The van der Waals surface area contributed by atoms with Gasteiger partial charge < -0.3 is 4.74 Å². The van der Waals surface area contributed by atoms with E-state index >= 15 is 0 Å². The number of fused-ring (bicyclic) bond motifs is 1. The van der Waals surface area contributed by atoms with Crippen LogP contribution in [0.3, 0.4) is 0 Å². The summed E-state index contributed by atoms with van der Waals surface area (Å²) < 4.78 is 5.86. The largest absolute Gasteiger partial charge is 0.439 e. The van der Waals surface area contributed by atoms with Gasteiger partial charge in [0.25, 0.3) is 0 Å². The molecule has 0 aliphatic carbocycles. The summed E-state index contributed by atoms with van der Waals surface area (Å²) in [6, 6.07) is 16.2. The van der Waals surface area contributed by atoms with Gasteiger partial charge in [0.2, 0.25) is 5.88 Å². The second-order valence-corrected chi connectivity index (χ2v) is 4.98. The molecule has 2 aromatic carbocycles. The number of aromatic nitrogens is 1. The minimum Gasteiger partial charge on any atom is -0.439 e. The van der Waals surface area contributed by atoms with Gasteiger partial charge in [-0.3, -0.25) is 0 Å². The number of halogens is 1. The molecular formula is C17H14ClNO. The number of ether oxygens (including phenoxy) is 1. The molecule has 20 heavy (non-hydrogen) atoms. The first-order chi connectivity index (χ1) is 9.76. The van der Waals surface area contributed by atoms with Crippen LogP contribution in [-0.2, 0) is 5.88 Å². The molecule has 0 radical (unpaired) electrons. The zero-order valence-electron chi connectivity index (χ0n) is 11.1. The van der Waals surface area contributed by atoms with Gasteiger partial charge in [0.1, 0.15) is 5.75 Å². The van der Waals surface area contributed by atoms with Crippen LogP contribution < -0.4 is 4.74 Å². The molecule has 0 unspecified atom stereocenters. The predicted octanol–water partition coefficient (Wildman–Crippen LogP) is 5.07. The number of hydrogen-bond acceptors (Lipinski definition) is 2. The molecule has 2 nitrogen and oxygen atoms in total. The van der Waals surface area contributed by atoms with Crippen LogP contribution in [0.2, 0.25) is 0 Å². The molecular weight excluding hydrogens is 270 g/mol. The lowest BCUT2D eigenvalue weighted by Crippen LogP contribution is -1.93. The van der Waals surface area contributed by atoms with E-state index in [0.717, 1.165) is 22.3 Å². The van der Waals surface area contributed by atoms with Gasteiger partial charge in [-0.2, -0.15) is 0 Å². The molecule has 0 fully saturated rings. The van der Waals surface area contributed by atoms with Crippen molar-refractivity contribution in [2.24, 2.45) is 0 Å². The monoisotopic (exact) mass is 283 g/mol. The van der Waals surface area contributed by atoms with Crippen molar-refractivity contribution >= 4 is 22.4 Å². The third-order valence-electron chi connectivity index (χ3n) is 3.18. The van der Waals surface area contributed by atoms with Gasteiger partial charge in [0, 0.05) is 17.6 Å². The average molecular weight is 284 g/mol. The zero-order chi connectivity index (χ0) is 13.9. The first-order valence-electron chi connectivity index (χ1n) is 6.44. The molecule has 100 valence electrons. The Morgan fingerprint density at radius 2 is 1.85 bits per heavy atom. The van der Waals surface area contributed by atoms with Crippen LogP contribution >= 0.6 is 11.6 Å². The predicted molar refractivity (Wildman–Crippen MR) is 82.6 cm³/mol. The molecule has 1 heterocycles. The summed E-state index contributed by atoms with van der Waals surface area (Å²) in [5, 5.41) is 2.35. The van der Waals surface area contributed by atoms with E-state index < -0.39 is 0 Å². The van der Waals surface area contributed by atoms with Crippen LogP contribution in [0.1, 0.15) is 11.1 Å². The van der Waals surface area contributed by atoms with Crippen molar-refractivity contribution in [1.29, 1.82) is 0 Å². The molecule has 3 rings (SSSR count). The molecule has 3 aromatic rings. The number of hydrogen-bond donors (Lipinski definition) is 0. The number of nitrogens with zero attached hydrogens (tertiary/aromatic N) is 1.